The summed E-state index contributed by atoms with van der Waals surface area (Å²) in [6.45, 7) is 1.86. The molecule has 0 saturated carbocycles. The highest BCUT2D eigenvalue weighted by Gasteiger charge is 2.14. The molecule has 1 heteroatoms. The van der Waals surface area contributed by atoms with Crippen LogP contribution >= 0.6 is 0 Å². The zero-order valence-electron chi connectivity index (χ0n) is 8.09. The fourth-order valence-electron chi connectivity index (χ4n) is 2.21. The first-order chi connectivity index (χ1) is 6.27. The van der Waals surface area contributed by atoms with Gasteiger partial charge in [-0.25, -0.2) is 0 Å². The largest absolute Gasteiger partial charge is 0.393 e. The average molecular weight is 176 g/mol. The minimum Gasteiger partial charge on any atom is -0.393 e. The zero-order valence-corrected chi connectivity index (χ0v) is 8.09. The van der Waals surface area contributed by atoms with Crippen LogP contribution < -0.4 is 0 Å². The van der Waals surface area contributed by atoms with Crippen molar-refractivity contribution in [3.63, 3.8) is 0 Å². The molecule has 13 heavy (non-hydrogen) atoms. The van der Waals surface area contributed by atoms with E-state index in [9.17, 15) is 5.11 Å². The molecule has 1 N–H and O–H groups in total. The lowest BCUT2D eigenvalue weighted by Crippen LogP contribution is -2.06. The molecule has 1 aromatic carbocycles. The summed E-state index contributed by atoms with van der Waals surface area (Å²) in [7, 11) is 0. The molecular formula is C12H16O. The fraction of sp³-hybridized carbons (Fsp3) is 0.500. The topological polar surface area (TPSA) is 20.2 Å². The molecule has 1 nitrogen and oxygen atoms in total. The fourth-order valence-corrected chi connectivity index (χ4v) is 2.21. The average Bonchev–Trinajstić information content (AvgIpc) is 2.51. The molecule has 1 atom stereocenters. The molecule has 1 aromatic rings. The van der Waals surface area contributed by atoms with Crippen LogP contribution in [0.15, 0.2) is 18.2 Å². The summed E-state index contributed by atoms with van der Waals surface area (Å²) in [6.07, 6.45) is 4.31. The Morgan fingerprint density at radius 2 is 2.23 bits per heavy atom. The second-order valence-corrected chi connectivity index (χ2v) is 3.96. The van der Waals surface area contributed by atoms with Crippen molar-refractivity contribution >= 4 is 0 Å². The van der Waals surface area contributed by atoms with Gasteiger partial charge in [-0.3, -0.25) is 0 Å². The van der Waals surface area contributed by atoms with E-state index in [-0.39, 0.29) is 6.10 Å². The maximum absolute atomic E-state index is 9.34. The highest BCUT2D eigenvalue weighted by Crippen LogP contribution is 2.25. The van der Waals surface area contributed by atoms with E-state index >= 15 is 0 Å². The summed E-state index contributed by atoms with van der Waals surface area (Å²) in [5, 5.41) is 9.34. The number of hydrogen-bond acceptors (Lipinski definition) is 1. The summed E-state index contributed by atoms with van der Waals surface area (Å²) in [6, 6.07) is 6.48. The van der Waals surface area contributed by atoms with Gasteiger partial charge in [0.1, 0.15) is 0 Å². The van der Waals surface area contributed by atoms with Gasteiger partial charge in [0.2, 0.25) is 0 Å². The molecule has 1 aliphatic rings. The molecule has 2 rings (SSSR count). The van der Waals surface area contributed by atoms with E-state index in [1.165, 1.54) is 36.0 Å². The number of aliphatic hydroxyl groups excluding tert-OH is 1. The Morgan fingerprint density at radius 1 is 1.38 bits per heavy atom. The maximum atomic E-state index is 9.34. The Bertz CT molecular complexity index is 302. The van der Waals surface area contributed by atoms with Crippen LogP contribution in [0.5, 0.6) is 0 Å². The van der Waals surface area contributed by atoms with Crippen LogP contribution in [0.4, 0.5) is 0 Å². The Labute approximate surface area is 79.4 Å². The van der Waals surface area contributed by atoms with Gasteiger partial charge in [-0.05, 0) is 49.3 Å². The number of benzene rings is 1. The third-order valence-electron chi connectivity index (χ3n) is 2.76. The van der Waals surface area contributed by atoms with Crippen LogP contribution in [0.25, 0.3) is 0 Å². The molecule has 0 aromatic heterocycles. The summed E-state index contributed by atoms with van der Waals surface area (Å²) in [5.41, 5.74) is 4.35. The van der Waals surface area contributed by atoms with Crippen molar-refractivity contribution < 1.29 is 5.11 Å². The third kappa shape index (κ3) is 1.75. The van der Waals surface area contributed by atoms with Gasteiger partial charge < -0.3 is 5.11 Å². The highest BCUT2D eigenvalue weighted by molar-refractivity contribution is 5.38. The van der Waals surface area contributed by atoms with Crippen LogP contribution in [-0.4, -0.2) is 11.2 Å². The number of aliphatic hydroxyl groups is 1. The molecule has 70 valence electrons. The molecular weight excluding hydrogens is 160 g/mol. The third-order valence-corrected chi connectivity index (χ3v) is 2.76. The Morgan fingerprint density at radius 3 is 3.00 bits per heavy atom. The van der Waals surface area contributed by atoms with E-state index < -0.39 is 0 Å². The minimum atomic E-state index is -0.216. The quantitative estimate of drug-likeness (QED) is 0.731. The van der Waals surface area contributed by atoms with E-state index in [2.05, 4.69) is 18.2 Å². The first kappa shape index (κ1) is 8.76. The smallest absolute Gasteiger partial charge is 0.0552 e. The van der Waals surface area contributed by atoms with Crippen LogP contribution in [0.1, 0.15) is 30.0 Å². The highest BCUT2D eigenvalue weighted by atomic mass is 16.3. The van der Waals surface area contributed by atoms with Gasteiger partial charge in [0.15, 0.2) is 0 Å². The Balaban J connectivity index is 2.30. The second kappa shape index (κ2) is 3.51. The monoisotopic (exact) mass is 176 g/mol. The minimum absolute atomic E-state index is 0.216. The lowest BCUT2D eigenvalue weighted by molar-refractivity contribution is 0.195. The lowest BCUT2D eigenvalue weighted by Gasteiger charge is -2.09. The van der Waals surface area contributed by atoms with Gasteiger partial charge in [-0.2, -0.15) is 0 Å². The van der Waals surface area contributed by atoms with E-state index in [1.807, 2.05) is 6.92 Å². The Kier molecular flexibility index (Phi) is 2.36. The molecule has 0 amide bonds. The van der Waals surface area contributed by atoms with Crippen molar-refractivity contribution in [1.29, 1.82) is 0 Å². The first-order valence-electron chi connectivity index (χ1n) is 5.05. The van der Waals surface area contributed by atoms with E-state index in [1.54, 1.807) is 0 Å². The van der Waals surface area contributed by atoms with E-state index in [4.69, 9.17) is 0 Å². The molecule has 0 heterocycles. The molecule has 0 radical (unpaired) electrons. The van der Waals surface area contributed by atoms with Crippen molar-refractivity contribution in [3.05, 3.63) is 34.9 Å². The summed E-state index contributed by atoms with van der Waals surface area (Å²) >= 11 is 0. The van der Waals surface area contributed by atoms with Crippen LogP contribution in [0.3, 0.4) is 0 Å². The van der Waals surface area contributed by atoms with Crippen LogP contribution in [0.2, 0.25) is 0 Å². The van der Waals surface area contributed by atoms with Gasteiger partial charge >= 0.3 is 0 Å². The molecule has 0 fully saturated rings. The maximum Gasteiger partial charge on any atom is 0.0552 e. The predicted octanol–water partition coefficient (Wildman–Crippen LogP) is 2.10. The summed E-state index contributed by atoms with van der Waals surface area (Å²) in [5.74, 6) is 0. The van der Waals surface area contributed by atoms with Crippen molar-refractivity contribution in [2.45, 2.75) is 38.7 Å². The summed E-state index contributed by atoms with van der Waals surface area (Å²) in [4.78, 5) is 0. The zero-order chi connectivity index (χ0) is 9.26. The molecule has 0 saturated heterocycles. The van der Waals surface area contributed by atoms with Gasteiger partial charge in [-0.1, -0.05) is 18.2 Å². The van der Waals surface area contributed by atoms with Crippen molar-refractivity contribution in [3.8, 4) is 0 Å². The molecule has 0 bridgehead atoms. The van der Waals surface area contributed by atoms with Gasteiger partial charge in [-0.15, -0.1) is 0 Å². The van der Waals surface area contributed by atoms with Crippen molar-refractivity contribution in [2.75, 3.05) is 0 Å². The number of aryl methyl sites for hydroxylation is 1. The lowest BCUT2D eigenvalue weighted by atomic mass is 9.99. The Hall–Kier alpha value is -0.820. The number of hydrogen-bond donors (Lipinski definition) is 1. The molecule has 1 aliphatic carbocycles. The summed E-state index contributed by atoms with van der Waals surface area (Å²) < 4.78 is 0. The first-order valence-corrected chi connectivity index (χ1v) is 5.05. The van der Waals surface area contributed by atoms with Gasteiger partial charge in [0, 0.05) is 0 Å². The van der Waals surface area contributed by atoms with Crippen LogP contribution in [-0.2, 0) is 19.3 Å². The molecule has 0 unspecified atom stereocenters. The SMILES string of the molecule is C[C@@H](O)Cc1cccc2c1CCC2. The van der Waals surface area contributed by atoms with Gasteiger partial charge in [0.25, 0.3) is 0 Å². The number of rotatable bonds is 2. The standard InChI is InChI=1S/C12H16O/c1-9(13)8-11-6-2-4-10-5-3-7-12(10)11/h2,4,6,9,13H,3,5,7-8H2,1H3/t9-/m1/s1. The van der Waals surface area contributed by atoms with Crippen molar-refractivity contribution in [2.24, 2.45) is 0 Å². The molecule has 0 spiro atoms. The molecule has 0 aliphatic heterocycles. The van der Waals surface area contributed by atoms with E-state index in [0.29, 0.717) is 0 Å². The van der Waals surface area contributed by atoms with Crippen LogP contribution in [0, 0.1) is 0 Å². The predicted molar refractivity (Wildman–Crippen MR) is 53.9 cm³/mol. The van der Waals surface area contributed by atoms with E-state index in [0.717, 1.165) is 6.42 Å². The van der Waals surface area contributed by atoms with Gasteiger partial charge in [0.05, 0.1) is 6.10 Å². The normalized spacial score (nSPS) is 17.1. The van der Waals surface area contributed by atoms with Crippen molar-refractivity contribution in [1.82, 2.24) is 0 Å². The second-order valence-electron chi connectivity index (χ2n) is 3.96. The number of fused-ring (bicyclic) bond motifs is 1.